The van der Waals surface area contributed by atoms with Gasteiger partial charge in [-0.15, -0.1) is 0 Å². The monoisotopic (exact) mass is 236 g/mol. The zero-order chi connectivity index (χ0) is 12.4. The van der Waals surface area contributed by atoms with Crippen LogP contribution < -0.4 is 0 Å². The van der Waals surface area contributed by atoms with E-state index in [2.05, 4.69) is 15.0 Å². The summed E-state index contributed by atoms with van der Waals surface area (Å²) in [6.07, 6.45) is 5.37. The van der Waals surface area contributed by atoms with Crippen molar-refractivity contribution in [2.45, 2.75) is 0 Å². The van der Waals surface area contributed by atoms with Crippen LogP contribution in [0.3, 0.4) is 0 Å². The molecule has 0 saturated carbocycles. The van der Waals surface area contributed by atoms with Crippen molar-refractivity contribution in [1.82, 2.24) is 0 Å². The van der Waals surface area contributed by atoms with Gasteiger partial charge in [0.05, 0.1) is 14.1 Å². The van der Waals surface area contributed by atoms with Gasteiger partial charge in [-0.3, -0.25) is 4.48 Å². The molecule has 9 heteroatoms. The lowest BCUT2D eigenvalue weighted by Gasteiger charge is -2.20. The fourth-order valence-corrected chi connectivity index (χ4v) is 1.01. The first-order valence-corrected chi connectivity index (χ1v) is 4.27. The lowest BCUT2D eigenvalue weighted by Crippen LogP contribution is -2.35. The minimum absolute atomic E-state index is 0.631. The summed E-state index contributed by atoms with van der Waals surface area (Å²) in [7, 11) is -1.94. The number of hydrogen-bond acceptors (Lipinski definition) is 3. The lowest BCUT2D eigenvalue weighted by atomic mass is 10.3. The Kier molecular flexibility index (Phi) is 3.27. The van der Waals surface area contributed by atoms with Crippen LogP contribution in [0.4, 0.5) is 17.3 Å². The zero-order valence-electron chi connectivity index (χ0n) is 8.61. The maximum atomic E-state index is 9.75. The highest BCUT2D eigenvalue weighted by Gasteiger charge is 2.22. The number of fused-ring (bicyclic) bond motifs is 1. The molecule has 0 aromatic heterocycles. The van der Waals surface area contributed by atoms with Crippen LogP contribution in [0.25, 0.3) is 0 Å². The van der Waals surface area contributed by atoms with E-state index in [1.54, 1.807) is 0 Å². The number of aliphatic imine (C=N–C) groups is 3. The van der Waals surface area contributed by atoms with Crippen molar-refractivity contribution in [3.8, 4) is 0 Å². The molecule has 0 amide bonds. The quantitative estimate of drug-likeness (QED) is 0.348. The topological polar surface area (TPSA) is 37.1 Å². The Morgan fingerprint density at radius 1 is 1.12 bits per heavy atom. The van der Waals surface area contributed by atoms with E-state index in [0.29, 0.717) is 4.48 Å². The van der Waals surface area contributed by atoms with E-state index in [1.165, 1.54) is 6.34 Å². The molecule has 0 fully saturated rings. The van der Waals surface area contributed by atoms with E-state index in [9.17, 15) is 17.3 Å². The van der Waals surface area contributed by atoms with Crippen LogP contribution >= 0.6 is 0 Å². The fraction of sp³-hybridized carbons (Fsp3) is 0.286. The summed E-state index contributed by atoms with van der Waals surface area (Å²) in [5.74, 6) is 0.724. The summed E-state index contributed by atoms with van der Waals surface area (Å²) < 4.78 is 39.6. The fourth-order valence-electron chi connectivity index (χ4n) is 1.01. The average molecular weight is 236 g/mol. The van der Waals surface area contributed by atoms with Crippen molar-refractivity contribution in [2.75, 3.05) is 14.1 Å². The maximum absolute atomic E-state index is 9.75. The van der Waals surface area contributed by atoms with Gasteiger partial charge in [0.2, 0.25) is 0 Å². The Morgan fingerprint density at radius 2 is 1.69 bits per heavy atom. The van der Waals surface area contributed by atoms with Crippen molar-refractivity contribution in [2.24, 2.45) is 15.0 Å². The van der Waals surface area contributed by atoms with Crippen molar-refractivity contribution >= 4 is 25.8 Å². The van der Waals surface area contributed by atoms with Crippen LogP contribution in [-0.4, -0.2) is 44.3 Å². The smallest absolute Gasteiger partial charge is 0.418 e. The second-order valence-electron chi connectivity index (χ2n) is 3.58. The molecule has 4 nitrogen and oxygen atoms in total. The molecule has 0 unspecified atom stereocenters. The van der Waals surface area contributed by atoms with Gasteiger partial charge in [0, 0.05) is 0 Å². The number of quaternary nitrogens is 1. The van der Waals surface area contributed by atoms with Crippen LogP contribution in [0.5, 0.6) is 0 Å². The molecule has 0 N–H and O–H groups in total. The predicted octanol–water partition coefficient (Wildman–Crippen LogP) is 1.69. The van der Waals surface area contributed by atoms with Crippen molar-refractivity contribution < 1.29 is 21.7 Å². The highest BCUT2D eigenvalue weighted by atomic mass is 19.5. The SMILES string of the molecule is C[N+]1(C)C=NC2=NC=NC2=C1.F[B-](F)(F)F. The van der Waals surface area contributed by atoms with Crippen LogP contribution in [0.15, 0.2) is 26.9 Å². The normalized spacial score (nSPS) is 20.6. The Labute approximate surface area is 89.4 Å². The lowest BCUT2D eigenvalue weighted by molar-refractivity contribution is -0.735. The Hall–Kier alpha value is -1.51. The highest BCUT2D eigenvalue weighted by molar-refractivity contribution is 6.50. The third kappa shape index (κ3) is 4.34. The second kappa shape index (κ2) is 4.16. The van der Waals surface area contributed by atoms with E-state index in [1.807, 2.05) is 26.6 Å². The Balaban J connectivity index is 0.000000221. The van der Waals surface area contributed by atoms with Gasteiger partial charge in [0.15, 0.2) is 17.9 Å². The molecule has 0 spiro atoms. The van der Waals surface area contributed by atoms with E-state index in [4.69, 9.17) is 0 Å². The molecule has 88 valence electrons. The van der Waals surface area contributed by atoms with Crippen molar-refractivity contribution in [1.29, 1.82) is 0 Å². The van der Waals surface area contributed by atoms with Crippen molar-refractivity contribution in [3.63, 3.8) is 0 Å². The first-order valence-electron chi connectivity index (χ1n) is 4.27. The first-order chi connectivity index (χ1) is 7.17. The van der Waals surface area contributed by atoms with Gasteiger partial charge in [0.1, 0.15) is 12.5 Å². The molecule has 0 aliphatic carbocycles. The van der Waals surface area contributed by atoms with E-state index in [-0.39, 0.29) is 0 Å². The molecular formula is C7H9BF4N4. The van der Waals surface area contributed by atoms with Gasteiger partial charge < -0.3 is 17.3 Å². The number of hydrogen-bond donors (Lipinski definition) is 0. The molecule has 2 heterocycles. The zero-order valence-corrected chi connectivity index (χ0v) is 8.61. The van der Waals surface area contributed by atoms with E-state index < -0.39 is 7.25 Å². The molecule has 16 heavy (non-hydrogen) atoms. The maximum Gasteiger partial charge on any atom is 0.673 e. The second-order valence-corrected chi connectivity index (χ2v) is 3.58. The predicted molar refractivity (Wildman–Crippen MR) is 54.8 cm³/mol. The third-order valence-corrected chi connectivity index (χ3v) is 1.54. The van der Waals surface area contributed by atoms with E-state index in [0.717, 1.165) is 11.5 Å². The number of rotatable bonds is 0. The molecular weight excluding hydrogens is 227 g/mol. The number of halogens is 4. The van der Waals surface area contributed by atoms with E-state index >= 15 is 0 Å². The van der Waals surface area contributed by atoms with Gasteiger partial charge in [-0.05, 0) is 0 Å². The minimum atomic E-state index is -6.00. The van der Waals surface area contributed by atoms with Gasteiger partial charge >= 0.3 is 7.25 Å². The molecule has 0 aromatic carbocycles. The largest absolute Gasteiger partial charge is 0.673 e. The molecule has 0 atom stereocenters. The highest BCUT2D eigenvalue weighted by Crippen LogP contribution is 2.14. The summed E-state index contributed by atoms with van der Waals surface area (Å²) in [6.45, 7) is 0. The average Bonchev–Trinajstić information content (AvgIpc) is 2.45. The minimum Gasteiger partial charge on any atom is -0.418 e. The van der Waals surface area contributed by atoms with Gasteiger partial charge in [0.25, 0.3) is 0 Å². The van der Waals surface area contributed by atoms with Gasteiger partial charge in [-0.1, -0.05) is 0 Å². The summed E-state index contributed by atoms with van der Waals surface area (Å²) >= 11 is 0. The Morgan fingerprint density at radius 3 is 2.25 bits per heavy atom. The van der Waals surface area contributed by atoms with Crippen LogP contribution in [0.1, 0.15) is 0 Å². The van der Waals surface area contributed by atoms with Gasteiger partial charge in [-0.25, -0.2) is 9.98 Å². The Bertz CT molecular complexity index is 388. The van der Waals surface area contributed by atoms with Crippen LogP contribution in [0, 0.1) is 0 Å². The standard InChI is InChI=1S/C7H9N4.BF4/c1-11(2)3-6-7(10-5-11)9-4-8-6;2-1(3,4)5/h3-5H,1-2H3;/q+1;-1. The van der Waals surface area contributed by atoms with Crippen molar-refractivity contribution in [3.05, 3.63) is 11.9 Å². The molecule has 0 bridgehead atoms. The molecule has 0 radical (unpaired) electrons. The van der Waals surface area contributed by atoms with Crippen LogP contribution in [-0.2, 0) is 0 Å². The molecule has 2 aliphatic heterocycles. The number of amidine groups is 1. The number of nitrogens with zero attached hydrogens (tertiary/aromatic N) is 4. The summed E-state index contributed by atoms with van der Waals surface area (Å²) in [4.78, 5) is 12.2. The summed E-state index contributed by atoms with van der Waals surface area (Å²) in [5, 5.41) is 0. The summed E-state index contributed by atoms with van der Waals surface area (Å²) in [5.41, 5.74) is 0.873. The first kappa shape index (κ1) is 12.6. The molecule has 2 aliphatic rings. The third-order valence-electron chi connectivity index (χ3n) is 1.54. The molecule has 2 rings (SSSR count). The summed E-state index contributed by atoms with van der Waals surface area (Å²) in [6, 6.07) is 0. The van der Waals surface area contributed by atoms with Crippen LogP contribution in [0.2, 0.25) is 0 Å². The molecule has 0 aromatic rings. The van der Waals surface area contributed by atoms with Gasteiger partial charge in [-0.2, -0.15) is 4.99 Å². The molecule has 0 saturated heterocycles.